The Morgan fingerprint density at radius 2 is 1.88 bits per heavy atom. The van der Waals surface area contributed by atoms with E-state index < -0.39 is 11.6 Å². The Balaban J connectivity index is 1.89. The Hall–Kier alpha value is -3.02. The molecule has 0 spiro atoms. The summed E-state index contributed by atoms with van der Waals surface area (Å²) in [5, 5.41) is 3.66. The maximum atomic E-state index is 13.5. The van der Waals surface area contributed by atoms with Crippen molar-refractivity contribution < 1.29 is 18.1 Å². The first kappa shape index (κ1) is 16.8. The van der Waals surface area contributed by atoms with E-state index in [1.54, 1.807) is 4.90 Å². The Morgan fingerprint density at radius 3 is 2.56 bits per heavy atom. The average Bonchev–Trinajstić information content (AvgIpc) is 3.12. The van der Waals surface area contributed by atoms with Crippen LogP contribution in [0.1, 0.15) is 22.8 Å². The number of carbonyl (C=O) groups excluding carboxylic acids is 1. The Bertz CT molecular complexity index is 878. The molecule has 0 saturated carbocycles. The number of amides is 1. The van der Waals surface area contributed by atoms with Crippen LogP contribution in [0.2, 0.25) is 0 Å². The van der Waals surface area contributed by atoms with Gasteiger partial charge in [0.15, 0.2) is 17.4 Å². The molecular weight excluding hydrogens is 326 g/mol. The molecule has 0 aliphatic heterocycles. The van der Waals surface area contributed by atoms with Crippen molar-refractivity contribution in [2.45, 2.75) is 13.5 Å². The van der Waals surface area contributed by atoms with E-state index in [1.165, 1.54) is 12.3 Å². The van der Waals surface area contributed by atoms with E-state index in [2.05, 4.69) is 5.16 Å². The highest BCUT2D eigenvalue weighted by molar-refractivity contribution is 5.99. The number of rotatable bonds is 5. The van der Waals surface area contributed by atoms with Gasteiger partial charge in [-0.15, -0.1) is 0 Å². The third kappa shape index (κ3) is 3.57. The monoisotopic (exact) mass is 342 g/mol. The molecule has 4 nitrogen and oxygen atoms in total. The SMILES string of the molecule is CCN(Cc1ccccc1)C(=O)c1cnoc1-c1ccc(F)c(F)c1. The zero-order chi connectivity index (χ0) is 17.8. The Kier molecular flexibility index (Phi) is 4.88. The summed E-state index contributed by atoms with van der Waals surface area (Å²) in [7, 11) is 0. The average molecular weight is 342 g/mol. The van der Waals surface area contributed by atoms with Gasteiger partial charge in [0, 0.05) is 18.7 Å². The maximum Gasteiger partial charge on any atom is 0.259 e. The molecule has 0 radical (unpaired) electrons. The fraction of sp³-hybridized carbons (Fsp3) is 0.158. The van der Waals surface area contributed by atoms with Gasteiger partial charge < -0.3 is 9.42 Å². The predicted molar refractivity (Wildman–Crippen MR) is 88.7 cm³/mol. The first-order valence-corrected chi connectivity index (χ1v) is 7.83. The molecule has 0 aliphatic carbocycles. The molecule has 1 amide bonds. The highest BCUT2D eigenvalue weighted by Gasteiger charge is 2.23. The van der Waals surface area contributed by atoms with Crippen LogP contribution in [0.5, 0.6) is 0 Å². The van der Waals surface area contributed by atoms with E-state index in [9.17, 15) is 13.6 Å². The molecule has 3 rings (SSSR count). The number of aromatic nitrogens is 1. The van der Waals surface area contributed by atoms with Gasteiger partial charge in [0.05, 0.1) is 6.20 Å². The molecule has 0 fully saturated rings. The highest BCUT2D eigenvalue weighted by Crippen LogP contribution is 2.26. The highest BCUT2D eigenvalue weighted by atomic mass is 19.2. The second-order valence-corrected chi connectivity index (χ2v) is 5.50. The lowest BCUT2D eigenvalue weighted by molar-refractivity contribution is 0.0753. The Morgan fingerprint density at radius 1 is 1.12 bits per heavy atom. The summed E-state index contributed by atoms with van der Waals surface area (Å²) in [4.78, 5) is 14.5. The second-order valence-electron chi connectivity index (χ2n) is 5.50. The molecule has 0 saturated heterocycles. The van der Waals surface area contributed by atoms with Crippen LogP contribution in [0.3, 0.4) is 0 Å². The third-order valence-electron chi connectivity index (χ3n) is 3.87. The van der Waals surface area contributed by atoms with Crippen molar-refractivity contribution in [1.29, 1.82) is 0 Å². The summed E-state index contributed by atoms with van der Waals surface area (Å²) >= 11 is 0. The van der Waals surface area contributed by atoms with Crippen molar-refractivity contribution in [2.75, 3.05) is 6.54 Å². The summed E-state index contributed by atoms with van der Waals surface area (Å²) in [6, 6.07) is 12.9. The van der Waals surface area contributed by atoms with Crippen molar-refractivity contribution in [1.82, 2.24) is 10.1 Å². The zero-order valence-corrected chi connectivity index (χ0v) is 13.6. The van der Waals surface area contributed by atoms with Crippen LogP contribution in [-0.4, -0.2) is 22.5 Å². The van der Waals surface area contributed by atoms with Crippen molar-refractivity contribution >= 4 is 5.91 Å². The summed E-state index contributed by atoms with van der Waals surface area (Å²) in [5.74, 6) is -2.14. The summed E-state index contributed by atoms with van der Waals surface area (Å²) in [6.45, 7) is 2.78. The van der Waals surface area contributed by atoms with Gasteiger partial charge in [-0.05, 0) is 30.7 Å². The van der Waals surface area contributed by atoms with E-state index in [1.807, 2.05) is 37.3 Å². The number of benzene rings is 2. The molecule has 0 unspecified atom stereocenters. The van der Waals surface area contributed by atoms with Gasteiger partial charge in [-0.2, -0.15) is 0 Å². The number of nitrogens with zero attached hydrogens (tertiary/aromatic N) is 2. The molecule has 0 bridgehead atoms. The van der Waals surface area contributed by atoms with Crippen molar-refractivity contribution in [3.05, 3.63) is 77.5 Å². The number of carbonyl (C=O) groups is 1. The molecule has 0 atom stereocenters. The molecule has 25 heavy (non-hydrogen) atoms. The van der Waals surface area contributed by atoms with Crippen LogP contribution < -0.4 is 0 Å². The lowest BCUT2D eigenvalue weighted by atomic mass is 10.1. The largest absolute Gasteiger partial charge is 0.355 e. The lowest BCUT2D eigenvalue weighted by Gasteiger charge is -2.20. The standard InChI is InChI=1S/C19H16F2N2O2/c1-2-23(12-13-6-4-3-5-7-13)19(24)15-11-22-25-18(15)14-8-9-16(20)17(21)10-14/h3-11H,2,12H2,1H3. The summed E-state index contributed by atoms with van der Waals surface area (Å²) in [5.41, 5.74) is 1.46. The van der Waals surface area contributed by atoms with Gasteiger partial charge in [-0.3, -0.25) is 4.79 Å². The minimum Gasteiger partial charge on any atom is -0.355 e. The topological polar surface area (TPSA) is 46.3 Å². The molecule has 0 N–H and O–H groups in total. The van der Waals surface area contributed by atoms with Crippen molar-refractivity contribution in [3.63, 3.8) is 0 Å². The molecule has 128 valence electrons. The quantitative estimate of drug-likeness (QED) is 0.695. The normalized spacial score (nSPS) is 10.7. The minimum atomic E-state index is -1.01. The molecule has 0 aliphatic rings. The van der Waals surface area contributed by atoms with Gasteiger partial charge in [0.25, 0.3) is 5.91 Å². The van der Waals surface area contributed by atoms with E-state index in [0.29, 0.717) is 13.1 Å². The van der Waals surface area contributed by atoms with Gasteiger partial charge >= 0.3 is 0 Å². The molecule has 1 heterocycles. The number of hydrogen-bond donors (Lipinski definition) is 0. The maximum absolute atomic E-state index is 13.5. The molecule has 6 heteroatoms. The van der Waals surface area contributed by atoms with E-state index in [4.69, 9.17) is 4.52 Å². The number of hydrogen-bond acceptors (Lipinski definition) is 3. The van der Waals surface area contributed by atoms with Crippen molar-refractivity contribution in [3.8, 4) is 11.3 Å². The smallest absolute Gasteiger partial charge is 0.259 e. The Labute approximate surface area is 143 Å². The van der Waals surface area contributed by atoms with E-state index in [-0.39, 0.29) is 22.8 Å². The third-order valence-corrected chi connectivity index (χ3v) is 3.87. The summed E-state index contributed by atoms with van der Waals surface area (Å²) in [6.07, 6.45) is 1.30. The molecule has 3 aromatic rings. The van der Waals surface area contributed by atoms with Crippen molar-refractivity contribution in [2.24, 2.45) is 0 Å². The second kappa shape index (κ2) is 7.25. The molecule has 1 aromatic heterocycles. The predicted octanol–water partition coefficient (Wildman–Crippen LogP) is 4.28. The van der Waals surface area contributed by atoms with Gasteiger partial charge in [0.1, 0.15) is 5.56 Å². The van der Waals surface area contributed by atoms with Gasteiger partial charge in [-0.25, -0.2) is 8.78 Å². The van der Waals surface area contributed by atoms with Crippen LogP contribution in [0.4, 0.5) is 8.78 Å². The fourth-order valence-electron chi connectivity index (χ4n) is 2.54. The first-order valence-electron chi connectivity index (χ1n) is 7.83. The first-order chi connectivity index (χ1) is 12.1. The van der Waals surface area contributed by atoms with Crippen LogP contribution in [0.15, 0.2) is 59.3 Å². The summed E-state index contributed by atoms with van der Waals surface area (Å²) < 4.78 is 31.7. The van der Waals surface area contributed by atoms with Crippen LogP contribution in [0, 0.1) is 11.6 Å². The fourth-order valence-corrected chi connectivity index (χ4v) is 2.54. The van der Waals surface area contributed by atoms with Gasteiger partial charge in [-0.1, -0.05) is 35.5 Å². The lowest BCUT2D eigenvalue weighted by Crippen LogP contribution is -2.30. The van der Waals surface area contributed by atoms with Crippen LogP contribution >= 0.6 is 0 Å². The van der Waals surface area contributed by atoms with Gasteiger partial charge in [0.2, 0.25) is 0 Å². The molecular formula is C19H16F2N2O2. The number of halogens is 2. The zero-order valence-electron chi connectivity index (χ0n) is 13.6. The molecule has 2 aromatic carbocycles. The van der Waals surface area contributed by atoms with E-state index in [0.717, 1.165) is 17.7 Å². The van der Waals surface area contributed by atoms with Crippen LogP contribution in [0.25, 0.3) is 11.3 Å². The van der Waals surface area contributed by atoms with Crippen LogP contribution in [-0.2, 0) is 6.54 Å². The van der Waals surface area contributed by atoms with E-state index >= 15 is 0 Å². The minimum absolute atomic E-state index is 0.121.